The number of imide groups is 1. The normalized spacial score (nSPS) is 23.6. The molecule has 2 N–H and O–H groups in total. The molecule has 2 amide bonds. The van der Waals surface area contributed by atoms with Crippen LogP contribution in [0.3, 0.4) is 0 Å². The van der Waals surface area contributed by atoms with Crippen molar-refractivity contribution in [2.45, 2.75) is 56.7 Å². The quantitative estimate of drug-likeness (QED) is 0.753. The maximum atomic E-state index is 13.1. The predicted octanol–water partition coefficient (Wildman–Crippen LogP) is 1.04. The number of aromatic nitrogens is 2. The molecule has 2 saturated heterocycles. The Hall–Kier alpha value is -2.61. The maximum Gasteiger partial charge on any atom is 0.329 e. The minimum Gasteiger partial charge on any atom is -0.370 e. The topological polar surface area (TPSA) is 88.4 Å². The van der Waals surface area contributed by atoms with Crippen molar-refractivity contribution in [3.8, 4) is 0 Å². The second-order valence-corrected chi connectivity index (χ2v) is 8.53. The Bertz CT molecular complexity index is 1030. The van der Waals surface area contributed by atoms with Crippen molar-refractivity contribution in [2.75, 3.05) is 18.0 Å². The highest BCUT2D eigenvalue weighted by Crippen LogP contribution is 2.31. The zero-order valence-corrected chi connectivity index (χ0v) is 16.7. The third kappa shape index (κ3) is 3.25. The van der Waals surface area contributed by atoms with Gasteiger partial charge in [0, 0.05) is 38.6 Å². The molecule has 2 aliphatic heterocycles. The van der Waals surface area contributed by atoms with E-state index in [1.54, 1.807) is 16.2 Å². The monoisotopic (exact) mass is 397 g/mol. The summed E-state index contributed by atoms with van der Waals surface area (Å²) in [5.74, 6) is -0.670. The largest absolute Gasteiger partial charge is 0.370 e. The first kappa shape index (κ1) is 18.4. The van der Waals surface area contributed by atoms with Crippen LogP contribution < -0.4 is 21.2 Å². The Balaban J connectivity index is 1.48. The first-order chi connectivity index (χ1) is 14.0. The van der Waals surface area contributed by atoms with Gasteiger partial charge in [0.2, 0.25) is 11.8 Å². The van der Waals surface area contributed by atoms with Crippen molar-refractivity contribution in [3.63, 3.8) is 0 Å². The van der Waals surface area contributed by atoms with Crippen LogP contribution in [0.25, 0.3) is 11.0 Å². The van der Waals surface area contributed by atoms with Crippen LogP contribution in [0.2, 0.25) is 0 Å². The Morgan fingerprint density at radius 2 is 1.72 bits per heavy atom. The van der Waals surface area contributed by atoms with Crippen molar-refractivity contribution in [2.24, 2.45) is 7.05 Å². The molecule has 1 saturated carbocycles. The summed E-state index contributed by atoms with van der Waals surface area (Å²) >= 11 is 0. The summed E-state index contributed by atoms with van der Waals surface area (Å²) in [4.78, 5) is 39.3. The number of amides is 2. The summed E-state index contributed by atoms with van der Waals surface area (Å²) in [6.45, 7) is 1.89. The average Bonchev–Trinajstić information content (AvgIpc) is 3.49. The van der Waals surface area contributed by atoms with E-state index in [-0.39, 0.29) is 18.0 Å². The zero-order valence-electron chi connectivity index (χ0n) is 16.7. The minimum atomic E-state index is -0.646. The molecule has 1 unspecified atom stereocenters. The van der Waals surface area contributed by atoms with E-state index in [4.69, 9.17) is 0 Å². The minimum absolute atomic E-state index is 0.216. The number of rotatable bonds is 4. The van der Waals surface area contributed by atoms with Crippen LogP contribution in [0.5, 0.6) is 0 Å². The summed E-state index contributed by atoms with van der Waals surface area (Å²) in [5, 5.41) is 6.09. The van der Waals surface area contributed by atoms with E-state index < -0.39 is 11.9 Å². The van der Waals surface area contributed by atoms with Crippen molar-refractivity contribution < 1.29 is 9.59 Å². The van der Waals surface area contributed by atoms with E-state index in [0.29, 0.717) is 12.5 Å². The Morgan fingerprint density at radius 3 is 2.41 bits per heavy atom. The summed E-state index contributed by atoms with van der Waals surface area (Å²) < 4.78 is 3.20. The van der Waals surface area contributed by atoms with Gasteiger partial charge in [-0.15, -0.1) is 0 Å². The highest BCUT2D eigenvalue weighted by atomic mass is 16.2. The van der Waals surface area contributed by atoms with Crippen molar-refractivity contribution in [3.05, 3.63) is 28.7 Å². The predicted molar refractivity (Wildman–Crippen MR) is 110 cm³/mol. The van der Waals surface area contributed by atoms with E-state index in [0.717, 1.165) is 48.7 Å². The lowest BCUT2D eigenvalue weighted by atomic mass is 10.0. The van der Waals surface area contributed by atoms with Gasteiger partial charge in [0.05, 0.1) is 16.7 Å². The molecule has 3 heterocycles. The molecule has 154 valence electrons. The van der Waals surface area contributed by atoms with Gasteiger partial charge in [0.15, 0.2) is 0 Å². The number of anilines is 1. The smallest absolute Gasteiger partial charge is 0.329 e. The zero-order chi connectivity index (χ0) is 20.1. The second-order valence-electron chi connectivity index (χ2n) is 8.53. The van der Waals surface area contributed by atoms with Gasteiger partial charge in [0.25, 0.3) is 0 Å². The van der Waals surface area contributed by atoms with Gasteiger partial charge in [-0.25, -0.2) is 4.79 Å². The highest BCUT2D eigenvalue weighted by Gasteiger charge is 2.32. The molecular formula is C21H27N5O3. The van der Waals surface area contributed by atoms with Crippen molar-refractivity contribution >= 4 is 28.5 Å². The van der Waals surface area contributed by atoms with Crippen LogP contribution in [0.15, 0.2) is 23.0 Å². The molecule has 2 aromatic rings. The number of nitrogens with zero attached hydrogens (tertiary/aromatic N) is 3. The molecule has 0 radical (unpaired) electrons. The summed E-state index contributed by atoms with van der Waals surface area (Å²) in [6, 6.07) is 6.56. The number of para-hydroxylation sites is 1. The molecule has 29 heavy (non-hydrogen) atoms. The summed E-state index contributed by atoms with van der Waals surface area (Å²) in [7, 11) is 1.76. The fourth-order valence-corrected chi connectivity index (χ4v) is 4.77. The molecule has 1 aromatic heterocycles. The third-order valence-electron chi connectivity index (χ3n) is 6.49. The summed E-state index contributed by atoms with van der Waals surface area (Å²) in [5.41, 5.74) is 2.43. The Morgan fingerprint density at radius 1 is 1.00 bits per heavy atom. The summed E-state index contributed by atoms with van der Waals surface area (Å²) in [6.07, 6.45) is 5.39. The number of benzene rings is 1. The maximum absolute atomic E-state index is 13.1. The molecule has 1 aliphatic carbocycles. The molecule has 0 spiro atoms. The third-order valence-corrected chi connectivity index (χ3v) is 6.49. The van der Waals surface area contributed by atoms with Crippen molar-refractivity contribution in [1.82, 2.24) is 19.8 Å². The first-order valence-electron chi connectivity index (χ1n) is 10.6. The lowest BCUT2D eigenvalue weighted by Gasteiger charge is -2.34. The van der Waals surface area contributed by atoms with E-state index in [1.165, 1.54) is 12.8 Å². The van der Waals surface area contributed by atoms with E-state index in [2.05, 4.69) is 21.6 Å². The number of hydrogen-bond donors (Lipinski definition) is 2. The molecule has 8 heteroatoms. The fourth-order valence-electron chi connectivity index (χ4n) is 4.77. The molecule has 5 rings (SSSR count). The van der Waals surface area contributed by atoms with Gasteiger partial charge in [0.1, 0.15) is 6.04 Å². The van der Waals surface area contributed by atoms with E-state index in [9.17, 15) is 14.4 Å². The fraction of sp³-hybridized carbons (Fsp3) is 0.571. The van der Waals surface area contributed by atoms with E-state index >= 15 is 0 Å². The number of fused-ring (bicyclic) bond motifs is 1. The Kier molecular flexibility index (Phi) is 4.46. The SMILES string of the molecule is Cn1c(=O)n(C2CCC(=O)NC2=O)c2cccc(N3CCC(NC4CC4)CC3)c21. The van der Waals surface area contributed by atoms with Gasteiger partial charge < -0.3 is 10.2 Å². The average molecular weight is 397 g/mol. The first-order valence-corrected chi connectivity index (χ1v) is 10.6. The van der Waals surface area contributed by atoms with Gasteiger partial charge >= 0.3 is 5.69 Å². The van der Waals surface area contributed by atoms with Crippen molar-refractivity contribution in [1.29, 1.82) is 0 Å². The number of carbonyl (C=O) groups excluding carboxylic acids is 2. The van der Waals surface area contributed by atoms with Crippen LogP contribution in [0, 0.1) is 0 Å². The Labute approximate surface area is 168 Å². The van der Waals surface area contributed by atoms with Gasteiger partial charge in [-0.1, -0.05) is 6.07 Å². The van der Waals surface area contributed by atoms with Crippen LogP contribution in [0.1, 0.15) is 44.6 Å². The number of carbonyl (C=O) groups is 2. The second kappa shape index (κ2) is 7.02. The number of aryl methyl sites for hydroxylation is 1. The molecule has 1 atom stereocenters. The highest BCUT2D eigenvalue weighted by molar-refractivity contribution is 6.00. The molecule has 1 aromatic carbocycles. The van der Waals surface area contributed by atoms with Gasteiger partial charge in [-0.2, -0.15) is 0 Å². The number of nitrogens with one attached hydrogen (secondary N) is 2. The van der Waals surface area contributed by atoms with Crippen LogP contribution in [-0.2, 0) is 16.6 Å². The van der Waals surface area contributed by atoms with Crippen LogP contribution in [-0.4, -0.2) is 46.1 Å². The number of piperidine rings is 2. The van der Waals surface area contributed by atoms with E-state index in [1.807, 2.05) is 12.1 Å². The standard InChI is InChI=1S/C21H27N5O3/c1-24-19-15(25-11-9-14(10-12-25)22-13-5-6-13)3-2-4-16(19)26(21(24)29)17-7-8-18(27)23-20(17)28/h2-4,13-14,17,22H,5-12H2,1H3,(H,23,27,28). The van der Waals surface area contributed by atoms with Crippen LogP contribution >= 0.6 is 0 Å². The molecule has 3 fully saturated rings. The lowest BCUT2D eigenvalue weighted by Crippen LogP contribution is -2.44. The number of hydrogen-bond acceptors (Lipinski definition) is 5. The van der Waals surface area contributed by atoms with Gasteiger partial charge in [-0.05, 0) is 44.2 Å². The molecule has 0 bridgehead atoms. The molecule has 8 nitrogen and oxygen atoms in total. The lowest BCUT2D eigenvalue weighted by molar-refractivity contribution is -0.135. The number of imidazole rings is 1. The van der Waals surface area contributed by atoms with Gasteiger partial charge in [-0.3, -0.25) is 24.0 Å². The molecule has 3 aliphatic rings. The molecular weight excluding hydrogens is 370 g/mol. The van der Waals surface area contributed by atoms with Crippen LogP contribution in [0.4, 0.5) is 5.69 Å².